The van der Waals surface area contributed by atoms with Gasteiger partial charge in [0.15, 0.2) is 0 Å². The van der Waals surface area contributed by atoms with E-state index >= 15 is 0 Å². The number of imidazole rings is 1. The standard InChI is InChI=1S/C27H26N4O4/c1-19-7-6-12-31-17-20(28-25(19)31)18-35-24-11-5-3-9-22(24)27(34)30-15-13-29(14-16-30)26(33)21-8-2-4-10-23(21)32/h2-12,17,32H,13-16,18H2,1H3. The zero-order valence-corrected chi connectivity index (χ0v) is 19.4. The van der Waals surface area contributed by atoms with Crippen molar-refractivity contribution in [3.05, 3.63) is 95.4 Å². The molecular weight excluding hydrogens is 444 g/mol. The van der Waals surface area contributed by atoms with Crippen LogP contribution in [0, 0.1) is 6.92 Å². The minimum atomic E-state index is -0.235. The molecule has 178 valence electrons. The van der Waals surface area contributed by atoms with Gasteiger partial charge in [-0.05, 0) is 42.8 Å². The van der Waals surface area contributed by atoms with Crippen molar-refractivity contribution < 1.29 is 19.4 Å². The van der Waals surface area contributed by atoms with Crippen molar-refractivity contribution in [1.82, 2.24) is 19.2 Å². The second-order valence-corrected chi connectivity index (χ2v) is 8.54. The van der Waals surface area contributed by atoms with Crippen LogP contribution in [0.2, 0.25) is 0 Å². The molecule has 4 aromatic rings. The van der Waals surface area contributed by atoms with Gasteiger partial charge < -0.3 is 24.0 Å². The van der Waals surface area contributed by atoms with Crippen LogP contribution in [0.1, 0.15) is 32.0 Å². The number of ether oxygens (including phenoxy) is 1. The molecule has 1 saturated heterocycles. The molecule has 1 fully saturated rings. The van der Waals surface area contributed by atoms with Gasteiger partial charge in [-0.2, -0.15) is 0 Å². The highest BCUT2D eigenvalue weighted by molar-refractivity contribution is 5.98. The number of phenolic OH excluding ortho intramolecular Hbond substituents is 1. The summed E-state index contributed by atoms with van der Waals surface area (Å²) in [6, 6.07) is 17.7. The summed E-state index contributed by atoms with van der Waals surface area (Å²) in [5.41, 5.74) is 3.49. The van der Waals surface area contributed by atoms with Gasteiger partial charge in [0.1, 0.15) is 23.8 Å². The van der Waals surface area contributed by atoms with E-state index in [-0.39, 0.29) is 29.7 Å². The maximum Gasteiger partial charge on any atom is 0.257 e. The molecule has 2 amide bonds. The number of piperazine rings is 1. The first-order chi connectivity index (χ1) is 17.0. The van der Waals surface area contributed by atoms with E-state index in [1.165, 1.54) is 6.07 Å². The Labute approximate surface area is 203 Å². The van der Waals surface area contributed by atoms with Crippen molar-refractivity contribution >= 4 is 17.5 Å². The normalized spacial score (nSPS) is 13.7. The third-order valence-electron chi connectivity index (χ3n) is 6.21. The van der Waals surface area contributed by atoms with Crippen LogP contribution in [0.4, 0.5) is 0 Å². The van der Waals surface area contributed by atoms with Gasteiger partial charge in [0.05, 0.1) is 16.8 Å². The lowest BCUT2D eigenvalue weighted by Gasteiger charge is -2.35. The first-order valence-corrected chi connectivity index (χ1v) is 11.5. The van der Waals surface area contributed by atoms with Gasteiger partial charge in [0, 0.05) is 38.6 Å². The fraction of sp³-hybridized carbons (Fsp3) is 0.222. The molecule has 0 bridgehead atoms. The van der Waals surface area contributed by atoms with Gasteiger partial charge >= 0.3 is 0 Å². The molecule has 8 heteroatoms. The molecule has 2 aromatic carbocycles. The number of hydrogen-bond donors (Lipinski definition) is 1. The monoisotopic (exact) mass is 470 g/mol. The van der Waals surface area contributed by atoms with Gasteiger partial charge in [-0.1, -0.05) is 30.3 Å². The number of aromatic hydroxyl groups is 1. The highest BCUT2D eigenvalue weighted by atomic mass is 16.5. The Morgan fingerprint density at radius 3 is 2.20 bits per heavy atom. The van der Waals surface area contributed by atoms with E-state index in [0.29, 0.717) is 37.5 Å². The van der Waals surface area contributed by atoms with Gasteiger partial charge in [0.25, 0.3) is 11.8 Å². The quantitative estimate of drug-likeness (QED) is 0.482. The van der Waals surface area contributed by atoms with E-state index in [0.717, 1.165) is 16.9 Å². The van der Waals surface area contributed by atoms with Crippen molar-refractivity contribution in [1.29, 1.82) is 0 Å². The molecule has 0 radical (unpaired) electrons. The number of fused-ring (bicyclic) bond motifs is 1. The molecule has 0 saturated carbocycles. The summed E-state index contributed by atoms with van der Waals surface area (Å²) < 4.78 is 7.98. The molecule has 1 aliphatic heterocycles. The van der Waals surface area contributed by atoms with Crippen molar-refractivity contribution in [2.24, 2.45) is 0 Å². The smallest absolute Gasteiger partial charge is 0.257 e. The number of carbonyl (C=O) groups excluding carboxylic acids is 2. The number of phenols is 1. The topological polar surface area (TPSA) is 87.4 Å². The zero-order valence-electron chi connectivity index (χ0n) is 19.4. The molecule has 0 spiro atoms. The van der Waals surface area contributed by atoms with Crippen molar-refractivity contribution in [3.63, 3.8) is 0 Å². The fourth-order valence-corrected chi connectivity index (χ4v) is 4.30. The molecule has 35 heavy (non-hydrogen) atoms. The molecule has 5 rings (SSSR count). The van der Waals surface area contributed by atoms with Crippen LogP contribution in [0.25, 0.3) is 5.65 Å². The highest BCUT2D eigenvalue weighted by Crippen LogP contribution is 2.23. The van der Waals surface area contributed by atoms with Crippen LogP contribution in [-0.4, -0.2) is 62.3 Å². The number of hydrogen-bond acceptors (Lipinski definition) is 5. The molecule has 0 atom stereocenters. The van der Waals surface area contributed by atoms with Gasteiger partial charge in [-0.25, -0.2) is 4.98 Å². The van der Waals surface area contributed by atoms with E-state index in [1.54, 1.807) is 40.1 Å². The Hall–Kier alpha value is -4.33. The summed E-state index contributed by atoms with van der Waals surface area (Å²) in [6.07, 6.45) is 3.87. The molecule has 8 nitrogen and oxygen atoms in total. The van der Waals surface area contributed by atoms with E-state index in [9.17, 15) is 14.7 Å². The number of rotatable bonds is 5. The Morgan fingerprint density at radius 2 is 1.51 bits per heavy atom. The Balaban J connectivity index is 1.24. The number of benzene rings is 2. The van der Waals surface area contributed by atoms with Crippen LogP contribution in [0.15, 0.2) is 73.1 Å². The summed E-state index contributed by atoms with van der Waals surface area (Å²) in [5.74, 6) is 0.0876. The Kier molecular flexibility index (Phi) is 6.10. The van der Waals surface area contributed by atoms with Crippen LogP contribution in [-0.2, 0) is 6.61 Å². The molecule has 1 aliphatic rings. The summed E-state index contributed by atoms with van der Waals surface area (Å²) in [4.78, 5) is 34.1. The van der Waals surface area contributed by atoms with Crippen LogP contribution in [0.3, 0.4) is 0 Å². The first kappa shape index (κ1) is 22.5. The lowest BCUT2D eigenvalue weighted by atomic mass is 10.1. The summed E-state index contributed by atoms with van der Waals surface area (Å²) in [7, 11) is 0. The average molecular weight is 471 g/mol. The highest BCUT2D eigenvalue weighted by Gasteiger charge is 2.27. The minimum Gasteiger partial charge on any atom is -0.507 e. The molecule has 0 aliphatic carbocycles. The number of carbonyl (C=O) groups is 2. The lowest BCUT2D eigenvalue weighted by molar-refractivity contribution is 0.0531. The third-order valence-corrected chi connectivity index (χ3v) is 6.21. The van der Waals surface area contributed by atoms with Gasteiger partial charge in [0.2, 0.25) is 0 Å². The molecular formula is C27H26N4O4. The molecule has 1 N–H and O–H groups in total. The Morgan fingerprint density at radius 1 is 0.886 bits per heavy atom. The maximum atomic E-state index is 13.3. The number of pyridine rings is 1. The van der Waals surface area contributed by atoms with Gasteiger partial charge in [-0.3, -0.25) is 9.59 Å². The van der Waals surface area contributed by atoms with Crippen molar-refractivity contribution in [2.75, 3.05) is 26.2 Å². The van der Waals surface area contributed by atoms with Crippen molar-refractivity contribution in [3.8, 4) is 11.5 Å². The van der Waals surface area contributed by atoms with Crippen LogP contribution >= 0.6 is 0 Å². The summed E-state index contributed by atoms with van der Waals surface area (Å²) >= 11 is 0. The van der Waals surface area contributed by atoms with Crippen molar-refractivity contribution in [2.45, 2.75) is 13.5 Å². The van der Waals surface area contributed by atoms with E-state index < -0.39 is 0 Å². The Bertz CT molecular complexity index is 1390. The number of aryl methyl sites for hydroxylation is 1. The second kappa shape index (κ2) is 9.50. The average Bonchev–Trinajstić information content (AvgIpc) is 3.32. The molecule has 0 unspecified atom stereocenters. The van der Waals surface area contributed by atoms with Gasteiger partial charge in [-0.15, -0.1) is 0 Å². The molecule has 3 heterocycles. The van der Waals surface area contributed by atoms with Crippen LogP contribution in [0.5, 0.6) is 11.5 Å². The first-order valence-electron chi connectivity index (χ1n) is 11.5. The number of nitrogens with zero attached hydrogens (tertiary/aromatic N) is 4. The largest absolute Gasteiger partial charge is 0.507 e. The van der Waals surface area contributed by atoms with E-state index in [2.05, 4.69) is 4.98 Å². The predicted molar refractivity (Wildman–Crippen MR) is 131 cm³/mol. The number of amides is 2. The number of aromatic nitrogens is 2. The molecule has 2 aromatic heterocycles. The SMILES string of the molecule is Cc1cccn2cc(COc3ccccc3C(=O)N3CCN(C(=O)c4ccccc4O)CC3)nc12. The van der Waals surface area contributed by atoms with E-state index in [4.69, 9.17) is 4.74 Å². The maximum absolute atomic E-state index is 13.3. The minimum absolute atomic E-state index is 0.0390. The van der Waals surface area contributed by atoms with E-state index in [1.807, 2.05) is 48.0 Å². The predicted octanol–water partition coefficient (Wildman–Crippen LogP) is 3.53. The fourth-order valence-electron chi connectivity index (χ4n) is 4.30. The summed E-state index contributed by atoms with van der Waals surface area (Å²) in [5, 5.41) is 9.99. The second-order valence-electron chi connectivity index (χ2n) is 8.54. The number of para-hydroxylation sites is 2. The lowest BCUT2D eigenvalue weighted by Crippen LogP contribution is -2.50. The van der Waals surface area contributed by atoms with Crippen LogP contribution < -0.4 is 4.74 Å². The zero-order chi connectivity index (χ0) is 24.4. The third kappa shape index (κ3) is 4.55. The summed E-state index contributed by atoms with van der Waals surface area (Å²) in [6.45, 7) is 3.84.